The van der Waals surface area contributed by atoms with E-state index in [1.54, 1.807) is 0 Å². The minimum atomic E-state index is -0.0225. The molecular weight excluding hydrogens is 378 g/mol. The summed E-state index contributed by atoms with van der Waals surface area (Å²) in [6.45, 7) is 1.13. The third-order valence-corrected chi connectivity index (χ3v) is 5.13. The van der Waals surface area contributed by atoms with Crippen LogP contribution in [0, 0.1) is 0 Å². The maximum atomic E-state index is 12.4. The molecule has 150 valence electrons. The van der Waals surface area contributed by atoms with Crippen LogP contribution >= 0.6 is 0 Å². The molecule has 0 saturated heterocycles. The predicted octanol–water partition coefficient (Wildman–Crippen LogP) is 4.37. The van der Waals surface area contributed by atoms with Crippen molar-refractivity contribution in [3.8, 4) is 17.2 Å². The highest BCUT2D eigenvalue weighted by Gasteiger charge is 2.12. The highest BCUT2D eigenvalue weighted by Crippen LogP contribution is 2.31. The van der Waals surface area contributed by atoms with E-state index in [1.807, 2.05) is 77.6 Å². The number of para-hydroxylation sites is 2. The molecule has 1 aliphatic rings. The van der Waals surface area contributed by atoms with Crippen LogP contribution in [-0.2, 0) is 11.2 Å². The first-order chi connectivity index (χ1) is 14.8. The van der Waals surface area contributed by atoms with E-state index in [0.717, 1.165) is 39.5 Å². The molecule has 0 bridgehead atoms. The lowest BCUT2D eigenvalue weighted by Crippen LogP contribution is -2.15. The van der Waals surface area contributed by atoms with Crippen molar-refractivity contribution in [1.29, 1.82) is 0 Å². The van der Waals surface area contributed by atoms with Crippen molar-refractivity contribution >= 4 is 22.6 Å². The summed E-state index contributed by atoms with van der Waals surface area (Å²) >= 11 is 0. The number of nitrogens with zero attached hydrogens (tertiary/aromatic N) is 2. The van der Waals surface area contributed by atoms with E-state index in [-0.39, 0.29) is 5.91 Å². The third-order valence-electron chi connectivity index (χ3n) is 5.13. The van der Waals surface area contributed by atoms with Gasteiger partial charge in [0.1, 0.15) is 19.5 Å². The second-order valence-electron chi connectivity index (χ2n) is 7.18. The highest BCUT2D eigenvalue weighted by atomic mass is 16.6. The van der Waals surface area contributed by atoms with Gasteiger partial charge >= 0.3 is 0 Å². The van der Waals surface area contributed by atoms with E-state index in [4.69, 9.17) is 9.47 Å². The number of aromatic nitrogens is 2. The summed E-state index contributed by atoms with van der Waals surface area (Å²) in [5.74, 6) is 1.49. The van der Waals surface area contributed by atoms with Crippen LogP contribution in [0.1, 0.15) is 12.0 Å². The van der Waals surface area contributed by atoms with E-state index in [2.05, 4.69) is 10.3 Å². The predicted molar refractivity (Wildman–Crippen MR) is 115 cm³/mol. The average Bonchev–Trinajstić information content (AvgIpc) is 3.22. The maximum absolute atomic E-state index is 12.4. The Hall–Kier alpha value is -3.80. The Balaban J connectivity index is 1.21. The fourth-order valence-corrected chi connectivity index (χ4v) is 3.59. The molecule has 4 aromatic rings. The van der Waals surface area contributed by atoms with Gasteiger partial charge in [0, 0.05) is 17.8 Å². The Morgan fingerprint density at radius 1 is 0.967 bits per heavy atom. The monoisotopic (exact) mass is 399 g/mol. The molecule has 3 aromatic carbocycles. The van der Waals surface area contributed by atoms with Crippen LogP contribution < -0.4 is 14.8 Å². The van der Waals surface area contributed by atoms with Crippen LogP contribution in [0.2, 0.25) is 0 Å². The quantitative estimate of drug-likeness (QED) is 0.541. The normalized spacial score (nSPS) is 12.7. The maximum Gasteiger partial charge on any atom is 0.224 e. The van der Waals surface area contributed by atoms with Gasteiger partial charge < -0.3 is 14.8 Å². The van der Waals surface area contributed by atoms with Gasteiger partial charge in [-0.3, -0.25) is 9.36 Å². The zero-order valence-electron chi connectivity index (χ0n) is 16.4. The highest BCUT2D eigenvalue weighted by molar-refractivity contribution is 5.91. The Morgan fingerprint density at radius 2 is 1.77 bits per heavy atom. The molecule has 0 aliphatic carbocycles. The lowest BCUT2D eigenvalue weighted by Gasteiger charge is -2.18. The van der Waals surface area contributed by atoms with Crippen molar-refractivity contribution in [3.63, 3.8) is 0 Å². The average molecular weight is 399 g/mol. The van der Waals surface area contributed by atoms with E-state index >= 15 is 0 Å². The second kappa shape index (κ2) is 7.91. The molecule has 1 amide bonds. The number of ether oxygens (including phenoxy) is 2. The minimum absolute atomic E-state index is 0.0225. The molecule has 6 nitrogen and oxygen atoms in total. The van der Waals surface area contributed by atoms with Crippen LogP contribution in [0.4, 0.5) is 5.69 Å². The molecule has 2 heterocycles. The molecule has 1 N–H and O–H groups in total. The topological polar surface area (TPSA) is 65.4 Å². The first kappa shape index (κ1) is 18.2. The fraction of sp³-hybridized carbons (Fsp3) is 0.167. The van der Waals surface area contributed by atoms with Crippen LogP contribution in [-0.4, -0.2) is 28.7 Å². The molecule has 0 fully saturated rings. The van der Waals surface area contributed by atoms with Gasteiger partial charge in [-0.2, -0.15) is 0 Å². The SMILES string of the molecule is O=C(CCc1ccc2c(c1)OCCO2)Nc1ccc(-n2cnc3ccccc32)cc1. The summed E-state index contributed by atoms with van der Waals surface area (Å²) in [5, 5.41) is 2.96. The van der Waals surface area contributed by atoms with Crippen molar-refractivity contribution < 1.29 is 14.3 Å². The number of carbonyl (C=O) groups is 1. The van der Waals surface area contributed by atoms with Gasteiger partial charge in [0.25, 0.3) is 0 Å². The number of aryl methyl sites for hydroxylation is 1. The van der Waals surface area contributed by atoms with Gasteiger partial charge in [0.05, 0.1) is 11.0 Å². The van der Waals surface area contributed by atoms with Gasteiger partial charge in [0.2, 0.25) is 5.91 Å². The van der Waals surface area contributed by atoms with Gasteiger partial charge in [-0.15, -0.1) is 0 Å². The molecule has 0 unspecified atom stereocenters. The summed E-state index contributed by atoms with van der Waals surface area (Å²) in [6.07, 6.45) is 2.85. The number of anilines is 1. The van der Waals surface area contributed by atoms with Gasteiger partial charge in [0.15, 0.2) is 11.5 Å². The van der Waals surface area contributed by atoms with Crippen LogP contribution in [0.15, 0.2) is 73.1 Å². The zero-order chi connectivity index (χ0) is 20.3. The van der Waals surface area contributed by atoms with E-state index in [9.17, 15) is 4.79 Å². The zero-order valence-corrected chi connectivity index (χ0v) is 16.4. The first-order valence-corrected chi connectivity index (χ1v) is 9.97. The molecule has 0 radical (unpaired) electrons. The lowest BCUT2D eigenvalue weighted by atomic mass is 10.1. The molecule has 6 heteroatoms. The number of carbonyl (C=O) groups excluding carboxylic acids is 1. The summed E-state index contributed by atoms with van der Waals surface area (Å²) < 4.78 is 13.2. The van der Waals surface area contributed by atoms with Crippen molar-refractivity contribution in [2.75, 3.05) is 18.5 Å². The van der Waals surface area contributed by atoms with Crippen LogP contribution in [0.25, 0.3) is 16.7 Å². The Kier molecular flexibility index (Phi) is 4.81. The molecule has 0 saturated carbocycles. The molecule has 0 spiro atoms. The number of amides is 1. The summed E-state index contributed by atoms with van der Waals surface area (Å²) in [5.41, 5.74) is 4.83. The molecule has 1 aromatic heterocycles. The number of hydrogen-bond acceptors (Lipinski definition) is 4. The smallest absolute Gasteiger partial charge is 0.224 e. The number of benzene rings is 3. The van der Waals surface area contributed by atoms with Crippen LogP contribution in [0.3, 0.4) is 0 Å². The van der Waals surface area contributed by atoms with E-state index in [1.165, 1.54) is 0 Å². The van der Waals surface area contributed by atoms with Crippen molar-refractivity contribution in [3.05, 3.63) is 78.6 Å². The third kappa shape index (κ3) is 3.72. The number of nitrogens with one attached hydrogen (secondary N) is 1. The van der Waals surface area contributed by atoms with Crippen LogP contribution in [0.5, 0.6) is 11.5 Å². The van der Waals surface area contributed by atoms with Crippen molar-refractivity contribution in [2.24, 2.45) is 0 Å². The van der Waals surface area contributed by atoms with Crippen molar-refractivity contribution in [2.45, 2.75) is 12.8 Å². The van der Waals surface area contributed by atoms with E-state index < -0.39 is 0 Å². The largest absolute Gasteiger partial charge is 0.486 e. The Bertz CT molecular complexity index is 1200. The number of imidazole rings is 1. The lowest BCUT2D eigenvalue weighted by molar-refractivity contribution is -0.116. The Labute approximate surface area is 174 Å². The van der Waals surface area contributed by atoms with Gasteiger partial charge in [-0.1, -0.05) is 18.2 Å². The summed E-state index contributed by atoms with van der Waals surface area (Å²) in [4.78, 5) is 16.8. The fourth-order valence-electron chi connectivity index (χ4n) is 3.59. The van der Waals surface area contributed by atoms with Gasteiger partial charge in [-0.05, 0) is 60.5 Å². The number of rotatable bonds is 5. The molecular formula is C24H21N3O3. The number of fused-ring (bicyclic) bond motifs is 2. The standard InChI is InChI=1S/C24H21N3O3/c28-24(12-6-17-5-11-22-23(15-17)30-14-13-29-22)26-18-7-9-19(10-8-18)27-16-25-20-3-1-2-4-21(20)27/h1-5,7-11,15-16H,6,12-14H2,(H,26,28). The Morgan fingerprint density at radius 3 is 2.63 bits per heavy atom. The van der Waals surface area contributed by atoms with Crippen molar-refractivity contribution in [1.82, 2.24) is 9.55 Å². The molecule has 1 aliphatic heterocycles. The van der Waals surface area contributed by atoms with Gasteiger partial charge in [-0.25, -0.2) is 4.98 Å². The van der Waals surface area contributed by atoms with E-state index in [0.29, 0.717) is 26.1 Å². The summed E-state index contributed by atoms with van der Waals surface area (Å²) in [6, 6.07) is 21.6. The minimum Gasteiger partial charge on any atom is -0.486 e. The molecule has 30 heavy (non-hydrogen) atoms. The molecule has 0 atom stereocenters. The second-order valence-corrected chi connectivity index (χ2v) is 7.18. The first-order valence-electron chi connectivity index (χ1n) is 9.97. The summed E-state index contributed by atoms with van der Waals surface area (Å²) in [7, 11) is 0. The molecule has 5 rings (SSSR count). The number of hydrogen-bond donors (Lipinski definition) is 1.